The summed E-state index contributed by atoms with van der Waals surface area (Å²) in [5.74, 6) is 0.112. The van der Waals surface area contributed by atoms with Crippen LogP contribution in [0.15, 0.2) is 51.5 Å². The quantitative estimate of drug-likeness (QED) is 0.618. The Morgan fingerprint density at radius 2 is 1.50 bits per heavy atom. The van der Waals surface area contributed by atoms with Crippen LogP contribution in [-0.2, 0) is 25.6 Å². The normalized spacial score (nSPS) is 16.6. The van der Waals surface area contributed by atoms with Gasteiger partial charge in [-0.25, -0.2) is 8.42 Å². The summed E-state index contributed by atoms with van der Waals surface area (Å²) in [4.78, 5) is 0.214. The van der Waals surface area contributed by atoms with Crippen LogP contribution in [0, 0.1) is 0 Å². The number of sulfonamides is 1. The van der Waals surface area contributed by atoms with Crippen molar-refractivity contribution >= 4 is 21.4 Å². The molecule has 1 N–H and O–H groups in total. The molecule has 1 heterocycles. The third-order valence-electron chi connectivity index (χ3n) is 5.48. The zero-order valence-electron chi connectivity index (χ0n) is 19.7. The lowest BCUT2D eigenvalue weighted by atomic mass is 9.80. The SMILES string of the molecule is CC(C)(C)c1cc(N=Nc2ccc(S(=O)(=O)N3CCOCC3)cc2)c(O)c(C(C)(C)C)c1. The van der Waals surface area contributed by atoms with Crippen LogP contribution in [0.4, 0.5) is 11.4 Å². The van der Waals surface area contributed by atoms with Crippen LogP contribution >= 0.6 is 0 Å². The van der Waals surface area contributed by atoms with E-state index < -0.39 is 10.0 Å². The van der Waals surface area contributed by atoms with Crippen molar-refractivity contribution in [1.82, 2.24) is 4.31 Å². The van der Waals surface area contributed by atoms with Crippen LogP contribution in [-0.4, -0.2) is 44.1 Å². The fourth-order valence-corrected chi connectivity index (χ4v) is 4.84. The zero-order chi connectivity index (χ0) is 23.7. The molecule has 0 bridgehead atoms. The number of benzene rings is 2. The summed E-state index contributed by atoms with van der Waals surface area (Å²) in [6.07, 6.45) is 0. The molecule has 0 saturated carbocycles. The number of azo groups is 1. The van der Waals surface area contributed by atoms with Gasteiger partial charge in [0.25, 0.3) is 0 Å². The number of rotatable bonds is 4. The summed E-state index contributed by atoms with van der Waals surface area (Å²) in [5, 5.41) is 19.4. The van der Waals surface area contributed by atoms with Gasteiger partial charge in [-0.05, 0) is 46.7 Å². The van der Waals surface area contributed by atoms with E-state index in [4.69, 9.17) is 4.74 Å². The van der Waals surface area contributed by atoms with Crippen LogP contribution in [0.3, 0.4) is 0 Å². The van der Waals surface area contributed by atoms with Crippen molar-refractivity contribution in [1.29, 1.82) is 0 Å². The summed E-state index contributed by atoms with van der Waals surface area (Å²) in [5.41, 5.74) is 2.39. The van der Waals surface area contributed by atoms with Gasteiger partial charge in [0.2, 0.25) is 10.0 Å². The maximum Gasteiger partial charge on any atom is 0.243 e. The summed E-state index contributed by atoms with van der Waals surface area (Å²) < 4.78 is 32.2. The summed E-state index contributed by atoms with van der Waals surface area (Å²) >= 11 is 0. The van der Waals surface area contributed by atoms with Gasteiger partial charge in [-0.2, -0.15) is 9.42 Å². The molecule has 32 heavy (non-hydrogen) atoms. The molecule has 0 spiro atoms. The van der Waals surface area contributed by atoms with Crippen molar-refractivity contribution in [2.75, 3.05) is 26.3 Å². The Morgan fingerprint density at radius 3 is 2.03 bits per heavy atom. The Morgan fingerprint density at radius 1 is 0.906 bits per heavy atom. The van der Waals surface area contributed by atoms with Gasteiger partial charge >= 0.3 is 0 Å². The van der Waals surface area contributed by atoms with E-state index in [1.807, 2.05) is 32.9 Å². The fraction of sp³-hybridized carbons (Fsp3) is 0.500. The molecule has 1 aliphatic rings. The molecule has 174 valence electrons. The Hall–Kier alpha value is -2.29. The molecule has 8 heteroatoms. The lowest BCUT2D eigenvalue weighted by molar-refractivity contribution is 0.0730. The maximum absolute atomic E-state index is 12.8. The number of nitrogens with zero attached hydrogens (tertiary/aromatic N) is 3. The first-order valence-corrected chi connectivity index (χ1v) is 12.2. The lowest BCUT2D eigenvalue weighted by Gasteiger charge is -2.26. The van der Waals surface area contributed by atoms with E-state index in [-0.39, 0.29) is 21.5 Å². The van der Waals surface area contributed by atoms with Crippen LogP contribution in [0.2, 0.25) is 0 Å². The summed E-state index contributed by atoms with van der Waals surface area (Å²) in [7, 11) is -3.56. The molecular weight excluding hydrogens is 426 g/mol. The average Bonchev–Trinajstić information content (AvgIpc) is 2.72. The summed E-state index contributed by atoms with van der Waals surface area (Å²) in [6.45, 7) is 14.0. The third-order valence-corrected chi connectivity index (χ3v) is 7.39. The number of aromatic hydroxyl groups is 1. The standard InChI is InChI=1S/C24H33N3O4S/c1-23(2,3)17-15-20(24(4,5)6)22(28)21(16-17)26-25-18-7-9-19(10-8-18)32(29,30)27-11-13-31-14-12-27/h7-10,15-16,28H,11-14H2,1-6H3. The maximum atomic E-state index is 12.8. The van der Waals surface area contributed by atoms with Gasteiger partial charge in [-0.3, -0.25) is 0 Å². The third kappa shape index (κ3) is 5.36. The van der Waals surface area contributed by atoms with Gasteiger partial charge in [0, 0.05) is 18.7 Å². The minimum atomic E-state index is -3.56. The van der Waals surface area contributed by atoms with Gasteiger partial charge in [0.1, 0.15) is 11.4 Å². The molecule has 0 radical (unpaired) electrons. The number of hydrogen-bond donors (Lipinski definition) is 1. The second kappa shape index (κ2) is 8.92. The minimum absolute atomic E-state index is 0.112. The molecule has 3 rings (SSSR count). The molecule has 0 aliphatic carbocycles. The van der Waals surface area contributed by atoms with Crippen molar-refractivity contribution in [3.8, 4) is 5.75 Å². The van der Waals surface area contributed by atoms with E-state index in [2.05, 4.69) is 31.0 Å². The first-order chi connectivity index (χ1) is 14.8. The van der Waals surface area contributed by atoms with Crippen molar-refractivity contribution < 1.29 is 18.3 Å². The topological polar surface area (TPSA) is 91.6 Å². The second-order valence-corrected chi connectivity index (χ2v) is 12.0. The minimum Gasteiger partial charge on any atom is -0.505 e. The number of phenols is 1. The molecule has 2 aromatic carbocycles. The first-order valence-electron chi connectivity index (χ1n) is 10.8. The van der Waals surface area contributed by atoms with E-state index in [0.29, 0.717) is 37.7 Å². The molecule has 0 atom stereocenters. The van der Waals surface area contributed by atoms with Gasteiger partial charge in [-0.15, -0.1) is 5.11 Å². The van der Waals surface area contributed by atoms with Crippen LogP contribution in [0.5, 0.6) is 5.75 Å². The van der Waals surface area contributed by atoms with Gasteiger partial charge in [0.05, 0.1) is 23.8 Å². The van der Waals surface area contributed by atoms with Crippen LogP contribution < -0.4 is 0 Å². The van der Waals surface area contributed by atoms with E-state index in [0.717, 1.165) is 11.1 Å². The predicted molar refractivity (Wildman–Crippen MR) is 126 cm³/mol. The van der Waals surface area contributed by atoms with Gasteiger partial charge in [0.15, 0.2) is 0 Å². The van der Waals surface area contributed by atoms with E-state index in [1.54, 1.807) is 12.1 Å². The molecule has 1 fully saturated rings. The van der Waals surface area contributed by atoms with Crippen LogP contribution in [0.1, 0.15) is 52.7 Å². The molecule has 0 unspecified atom stereocenters. The van der Waals surface area contributed by atoms with Crippen molar-refractivity contribution in [2.45, 2.75) is 57.3 Å². The number of hydrogen-bond acceptors (Lipinski definition) is 6. The molecule has 2 aromatic rings. The van der Waals surface area contributed by atoms with E-state index >= 15 is 0 Å². The highest BCUT2D eigenvalue weighted by Crippen LogP contribution is 2.42. The Balaban J connectivity index is 1.91. The molecule has 0 aromatic heterocycles. The van der Waals surface area contributed by atoms with Crippen molar-refractivity contribution in [3.05, 3.63) is 47.5 Å². The number of morpholine rings is 1. The second-order valence-electron chi connectivity index (χ2n) is 10.1. The predicted octanol–water partition coefficient (Wildman–Crippen LogP) is 5.42. The van der Waals surface area contributed by atoms with Crippen LogP contribution in [0.25, 0.3) is 0 Å². The van der Waals surface area contributed by atoms with Crippen molar-refractivity contribution in [3.63, 3.8) is 0 Å². The first kappa shape index (κ1) is 24.4. The molecule has 1 saturated heterocycles. The molecule has 1 aliphatic heterocycles. The lowest BCUT2D eigenvalue weighted by Crippen LogP contribution is -2.40. The summed E-state index contributed by atoms with van der Waals surface area (Å²) in [6, 6.07) is 10.2. The van der Waals surface area contributed by atoms with Gasteiger partial charge < -0.3 is 9.84 Å². The number of phenolic OH excluding ortho intramolecular Hbond substituents is 1. The van der Waals surface area contributed by atoms with E-state index in [9.17, 15) is 13.5 Å². The molecule has 7 nitrogen and oxygen atoms in total. The smallest absolute Gasteiger partial charge is 0.243 e. The largest absolute Gasteiger partial charge is 0.505 e. The highest BCUT2D eigenvalue weighted by molar-refractivity contribution is 7.89. The monoisotopic (exact) mass is 459 g/mol. The molecule has 0 amide bonds. The van der Waals surface area contributed by atoms with Gasteiger partial charge in [-0.1, -0.05) is 47.6 Å². The fourth-order valence-electron chi connectivity index (χ4n) is 3.43. The number of ether oxygens (including phenoxy) is 1. The highest BCUT2D eigenvalue weighted by Gasteiger charge is 2.27. The zero-order valence-corrected chi connectivity index (χ0v) is 20.5. The Labute approximate surface area is 191 Å². The van der Waals surface area contributed by atoms with E-state index in [1.165, 1.54) is 16.4 Å². The Bertz CT molecular complexity index is 1090. The average molecular weight is 460 g/mol. The highest BCUT2D eigenvalue weighted by atomic mass is 32.2. The Kier molecular flexibility index (Phi) is 6.79. The molecular formula is C24H33N3O4S. The van der Waals surface area contributed by atoms with Crippen molar-refractivity contribution in [2.24, 2.45) is 10.2 Å².